The second-order valence-corrected chi connectivity index (χ2v) is 8.97. The highest BCUT2D eigenvalue weighted by Gasteiger charge is 2.32. The van der Waals surface area contributed by atoms with Gasteiger partial charge >= 0.3 is 6.18 Å². The smallest absolute Gasteiger partial charge is 0.378 e. The first-order valence-corrected chi connectivity index (χ1v) is 11.8. The van der Waals surface area contributed by atoms with Crippen molar-refractivity contribution in [2.75, 3.05) is 42.6 Å². The van der Waals surface area contributed by atoms with Crippen molar-refractivity contribution in [2.45, 2.75) is 32.2 Å². The summed E-state index contributed by atoms with van der Waals surface area (Å²) < 4.78 is 49.5. The Bertz CT molecular complexity index is 1200. The standard InChI is InChI=1S/C24H26F3N5OS/c25-24(26,27)20-8-9-21-19(15-20)7-4-10-30(21)17-32-23(34)31(16-18-5-2-1-3-6-18)22(28-32)29-11-13-33-14-12-29/h1-3,5-6,8-9,15H,4,7,10-14,16-17H2. The molecule has 1 saturated heterocycles. The summed E-state index contributed by atoms with van der Waals surface area (Å²) >= 11 is 5.85. The van der Waals surface area contributed by atoms with Crippen LogP contribution >= 0.6 is 12.2 Å². The molecule has 0 amide bonds. The number of rotatable bonds is 5. The Labute approximate surface area is 201 Å². The predicted molar refractivity (Wildman–Crippen MR) is 127 cm³/mol. The number of alkyl halides is 3. The maximum Gasteiger partial charge on any atom is 0.416 e. The van der Waals surface area contributed by atoms with Crippen molar-refractivity contribution in [3.05, 3.63) is 70.0 Å². The predicted octanol–water partition coefficient (Wildman–Crippen LogP) is 4.73. The third-order valence-corrected chi connectivity index (χ3v) is 6.74. The molecule has 3 aromatic rings. The van der Waals surface area contributed by atoms with Crippen LogP contribution in [-0.2, 0) is 30.5 Å². The van der Waals surface area contributed by atoms with Crippen LogP contribution in [0.25, 0.3) is 0 Å². The lowest BCUT2D eigenvalue weighted by Crippen LogP contribution is -2.38. The molecular weight excluding hydrogens is 463 g/mol. The molecule has 2 aliphatic heterocycles. The zero-order valence-corrected chi connectivity index (χ0v) is 19.5. The summed E-state index contributed by atoms with van der Waals surface area (Å²) in [6, 6.07) is 14.1. The summed E-state index contributed by atoms with van der Waals surface area (Å²) in [6.07, 6.45) is -2.94. The van der Waals surface area contributed by atoms with Crippen molar-refractivity contribution in [2.24, 2.45) is 0 Å². The lowest BCUT2D eigenvalue weighted by Gasteiger charge is -2.31. The average Bonchev–Trinajstić information content (AvgIpc) is 3.14. The molecule has 180 valence electrons. The number of fused-ring (bicyclic) bond motifs is 1. The van der Waals surface area contributed by atoms with E-state index < -0.39 is 11.7 Å². The van der Waals surface area contributed by atoms with Crippen LogP contribution in [0.5, 0.6) is 0 Å². The highest BCUT2D eigenvalue weighted by molar-refractivity contribution is 7.71. The molecule has 0 unspecified atom stereocenters. The molecule has 0 saturated carbocycles. The minimum Gasteiger partial charge on any atom is -0.378 e. The van der Waals surface area contributed by atoms with E-state index in [0.717, 1.165) is 49.3 Å². The van der Waals surface area contributed by atoms with Gasteiger partial charge in [-0.25, -0.2) is 4.68 Å². The molecule has 0 radical (unpaired) electrons. The van der Waals surface area contributed by atoms with E-state index in [1.807, 2.05) is 22.8 Å². The third kappa shape index (κ3) is 4.69. The molecule has 0 aliphatic carbocycles. The van der Waals surface area contributed by atoms with Gasteiger partial charge in [-0.05, 0) is 54.4 Å². The van der Waals surface area contributed by atoms with Crippen molar-refractivity contribution in [3.63, 3.8) is 0 Å². The quantitative estimate of drug-likeness (QED) is 0.485. The Morgan fingerprint density at radius 2 is 1.76 bits per heavy atom. The molecule has 10 heteroatoms. The first kappa shape index (κ1) is 22.9. The van der Waals surface area contributed by atoms with Crippen LogP contribution in [0.1, 0.15) is 23.1 Å². The maximum absolute atomic E-state index is 13.2. The number of hydrogen-bond acceptors (Lipinski definition) is 5. The number of morpholine rings is 1. The topological polar surface area (TPSA) is 38.5 Å². The summed E-state index contributed by atoms with van der Waals surface area (Å²) in [5.41, 5.74) is 2.04. The van der Waals surface area contributed by atoms with Gasteiger partial charge in [-0.2, -0.15) is 13.2 Å². The van der Waals surface area contributed by atoms with Crippen molar-refractivity contribution in [3.8, 4) is 0 Å². The van der Waals surface area contributed by atoms with E-state index in [2.05, 4.69) is 21.9 Å². The Morgan fingerprint density at radius 3 is 2.50 bits per heavy atom. The van der Waals surface area contributed by atoms with Crippen LogP contribution in [0.2, 0.25) is 0 Å². The lowest BCUT2D eigenvalue weighted by molar-refractivity contribution is -0.137. The van der Waals surface area contributed by atoms with E-state index in [9.17, 15) is 13.2 Å². The minimum absolute atomic E-state index is 0.385. The first-order valence-electron chi connectivity index (χ1n) is 11.4. The van der Waals surface area contributed by atoms with Gasteiger partial charge in [0.1, 0.15) is 6.67 Å². The number of benzene rings is 2. The van der Waals surface area contributed by atoms with Gasteiger partial charge in [0.2, 0.25) is 10.7 Å². The third-order valence-electron chi connectivity index (χ3n) is 6.31. The van der Waals surface area contributed by atoms with Crippen molar-refractivity contribution in [1.82, 2.24) is 14.3 Å². The fraction of sp³-hybridized carbons (Fsp3) is 0.417. The minimum atomic E-state index is -4.34. The Kier molecular flexibility index (Phi) is 6.35. The molecule has 0 spiro atoms. The second kappa shape index (κ2) is 9.42. The summed E-state index contributed by atoms with van der Waals surface area (Å²) in [5.74, 6) is 0.793. The van der Waals surface area contributed by atoms with Gasteiger partial charge < -0.3 is 14.5 Å². The summed E-state index contributed by atoms with van der Waals surface area (Å²) in [4.78, 5) is 4.25. The molecule has 3 heterocycles. The van der Waals surface area contributed by atoms with Gasteiger partial charge in [0.25, 0.3) is 0 Å². The van der Waals surface area contributed by atoms with Crippen molar-refractivity contribution in [1.29, 1.82) is 0 Å². The van der Waals surface area contributed by atoms with Gasteiger partial charge in [-0.3, -0.25) is 4.57 Å². The van der Waals surface area contributed by atoms with E-state index in [0.29, 0.717) is 43.2 Å². The highest BCUT2D eigenvalue weighted by atomic mass is 32.1. The normalized spacial score (nSPS) is 16.6. The number of hydrogen-bond donors (Lipinski definition) is 0. The van der Waals surface area contributed by atoms with Gasteiger partial charge in [-0.15, -0.1) is 5.10 Å². The van der Waals surface area contributed by atoms with E-state index >= 15 is 0 Å². The Morgan fingerprint density at radius 1 is 1.00 bits per heavy atom. The Balaban J connectivity index is 1.47. The molecule has 6 nitrogen and oxygen atoms in total. The number of halogens is 3. The fourth-order valence-electron chi connectivity index (χ4n) is 4.58. The molecule has 34 heavy (non-hydrogen) atoms. The average molecular weight is 490 g/mol. The van der Waals surface area contributed by atoms with Crippen LogP contribution in [0, 0.1) is 4.77 Å². The fourth-order valence-corrected chi connectivity index (χ4v) is 4.83. The zero-order valence-electron chi connectivity index (χ0n) is 18.7. The van der Waals surface area contributed by atoms with Crippen LogP contribution in [0.15, 0.2) is 48.5 Å². The van der Waals surface area contributed by atoms with Gasteiger partial charge in [0.05, 0.1) is 25.3 Å². The highest BCUT2D eigenvalue weighted by Crippen LogP contribution is 2.35. The maximum atomic E-state index is 13.2. The number of ether oxygens (including phenoxy) is 1. The second-order valence-electron chi connectivity index (χ2n) is 8.60. The van der Waals surface area contributed by atoms with Gasteiger partial charge in [0, 0.05) is 25.3 Å². The van der Waals surface area contributed by atoms with Gasteiger partial charge in [-0.1, -0.05) is 30.3 Å². The lowest BCUT2D eigenvalue weighted by atomic mass is 9.99. The number of aryl methyl sites for hydroxylation is 1. The molecule has 5 rings (SSSR count). The van der Waals surface area contributed by atoms with Gasteiger partial charge in [0.15, 0.2) is 0 Å². The largest absolute Gasteiger partial charge is 0.416 e. The monoisotopic (exact) mass is 489 g/mol. The molecule has 0 bridgehead atoms. The van der Waals surface area contributed by atoms with Crippen LogP contribution in [0.3, 0.4) is 0 Å². The van der Waals surface area contributed by atoms with Crippen LogP contribution < -0.4 is 9.80 Å². The molecular formula is C24H26F3N5OS. The van der Waals surface area contributed by atoms with E-state index in [1.165, 1.54) is 6.07 Å². The van der Waals surface area contributed by atoms with E-state index in [1.54, 1.807) is 10.7 Å². The Hall–Kier alpha value is -2.85. The zero-order chi connectivity index (χ0) is 23.7. The molecule has 2 aromatic carbocycles. The summed E-state index contributed by atoms with van der Waals surface area (Å²) in [7, 11) is 0. The number of nitrogens with zero attached hydrogens (tertiary/aromatic N) is 5. The first-order chi connectivity index (χ1) is 16.4. The molecule has 1 fully saturated rings. The van der Waals surface area contributed by atoms with Crippen LogP contribution in [-0.4, -0.2) is 47.2 Å². The summed E-state index contributed by atoms with van der Waals surface area (Å²) in [5, 5.41) is 4.88. The van der Waals surface area contributed by atoms with Crippen LogP contribution in [0.4, 0.5) is 24.8 Å². The SMILES string of the molecule is FC(F)(F)c1ccc2c(c1)CCCN2Cn1nc(N2CCOCC2)n(Cc2ccccc2)c1=S. The molecule has 0 atom stereocenters. The van der Waals surface area contributed by atoms with E-state index in [4.69, 9.17) is 22.1 Å². The molecule has 1 aromatic heterocycles. The molecule has 0 N–H and O–H groups in total. The van der Waals surface area contributed by atoms with E-state index in [-0.39, 0.29) is 0 Å². The van der Waals surface area contributed by atoms with Crippen molar-refractivity contribution >= 4 is 23.9 Å². The number of anilines is 2. The number of aromatic nitrogens is 3. The molecule has 2 aliphatic rings. The summed E-state index contributed by atoms with van der Waals surface area (Å²) in [6.45, 7) is 4.44. The van der Waals surface area contributed by atoms with Crippen molar-refractivity contribution < 1.29 is 17.9 Å².